The van der Waals surface area contributed by atoms with E-state index in [9.17, 15) is 0 Å². The molecule has 1 N–H and O–H groups in total. The molecule has 6 aromatic rings. The molecule has 0 aliphatic rings. The molecule has 0 fully saturated rings. The van der Waals surface area contributed by atoms with Gasteiger partial charge in [-0.05, 0) is 82.4 Å². The normalized spacial score (nSPS) is 10.6. The zero-order valence-electron chi connectivity index (χ0n) is 23.7. The maximum atomic E-state index is 5.70. The summed E-state index contributed by atoms with van der Waals surface area (Å²) in [5.74, 6) is 1.60. The summed E-state index contributed by atoms with van der Waals surface area (Å²) in [7, 11) is 3.41. The van der Waals surface area contributed by atoms with Crippen molar-refractivity contribution >= 4 is 17.1 Å². The fourth-order valence-corrected chi connectivity index (χ4v) is 5.27. The van der Waals surface area contributed by atoms with Crippen LogP contribution < -0.4 is 19.9 Å². The maximum Gasteiger partial charge on any atom is 0.119 e. The van der Waals surface area contributed by atoms with Gasteiger partial charge < -0.3 is 9.47 Å². The first-order valence-corrected chi connectivity index (χ1v) is 13.9. The summed E-state index contributed by atoms with van der Waals surface area (Å²) in [5, 5.41) is 2.16. The van der Waals surface area contributed by atoms with Crippen LogP contribution in [0.5, 0.6) is 11.5 Å². The highest BCUT2D eigenvalue weighted by molar-refractivity contribution is 6.02. The Morgan fingerprint density at radius 1 is 0.476 bits per heavy atom. The molecule has 0 aliphatic heterocycles. The van der Waals surface area contributed by atoms with Gasteiger partial charge in [0, 0.05) is 5.56 Å². The summed E-state index contributed by atoms with van der Waals surface area (Å²) in [4.78, 5) is 0. The van der Waals surface area contributed by atoms with Crippen molar-refractivity contribution in [2.45, 2.75) is 0 Å². The predicted molar refractivity (Wildman–Crippen MR) is 174 cm³/mol. The largest absolute Gasteiger partial charge is 0.497 e. The highest BCUT2D eigenvalue weighted by Crippen LogP contribution is 2.48. The molecule has 6 aromatic carbocycles. The van der Waals surface area contributed by atoms with Gasteiger partial charge in [0.25, 0.3) is 0 Å². The topological polar surface area (TPSA) is 33.7 Å². The van der Waals surface area contributed by atoms with E-state index in [1.165, 1.54) is 0 Å². The summed E-state index contributed by atoms with van der Waals surface area (Å²) in [6.45, 7) is 0. The second-order valence-electron chi connectivity index (χ2n) is 9.86. The SMILES string of the molecule is COc1cccc(-c2c(-c3ccccc3)ccc(N(Nc3ccccc3)c3ccccc3)c2-c2cccc(OC)c2)c1. The van der Waals surface area contributed by atoms with Crippen LogP contribution in [0.2, 0.25) is 0 Å². The van der Waals surface area contributed by atoms with Crippen molar-refractivity contribution in [3.63, 3.8) is 0 Å². The number of benzene rings is 6. The Bertz CT molecular complexity index is 1770. The molecule has 206 valence electrons. The standard InChI is InChI=1S/C38H32N2O2/c1-41-33-22-12-16-29(26-33)37-35(28-14-6-3-7-15-28)24-25-36(38(37)30-17-13-23-34(27-30)42-2)40(32-20-10-5-11-21-32)39-31-18-8-4-9-19-31/h3-27,39H,1-2H3. The molecule has 0 aromatic heterocycles. The van der Waals surface area contributed by atoms with E-state index in [4.69, 9.17) is 9.47 Å². The third-order valence-electron chi connectivity index (χ3n) is 7.25. The Labute approximate surface area is 247 Å². The predicted octanol–water partition coefficient (Wildman–Crippen LogP) is 9.87. The lowest BCUT2D eigenvalue weighted by molar-refractivity contribution is 0.415. The molecule has 0 heterocycles. The average molecular weight is 549 g/mol. The van der Waals surface area contributed by atoms with E-state index in [1.807, 2.05) is 54.6 Å². The first-order chi connectivity index (χ1) is 20.7. The molecule has 0 amide bonds. The highest BCUT2D eigenvalue weighted by Gasteiger charge is 2.23. The van der Waals surface area contributed by atoms with Crippen LogP contribution in [0.4, 0.5) is 17.1 Å². The molecule has 4 nitrogen and oxygen atoms in total. The van der Waals surface area contributed by atoms with Crippen LogP contribution >= 0.6 is 0 Å². The monoisotopic (exact) mass is 548 g/mol. The van der Waals surface area contributed by atoms with Crippen molar-refractivity contribution < 1.29 is 9.47 Å². The average Bonchev–Trinajstić information content (AvgIpc) is 3.08. The molecular weight excluding hydrogens is 516 g/mol. The van der Waals surface area contributed by atoms with E-state index < -0.39 is 0 Å². The number of rotatable bonds is 9. The number of hydrogen-bond acceptors (Lipinski definition) is 4. The summed E-state index contributed by atoms with van der Waals surface area (Å²) in [5.41, 5.74) is 13.2. The van der Waals surface area contributed by atoms with Crippen molar-refractivity contribution in [1.82, 2.24) is 0 Å². The van der Waals surface area contributed by atoms with Gasteiger partial charge in [0.1, 0.15) is 11.5 Å². The molecule has 0 spiro atoms. The van der Waals surface area contributed by atoms with Gasteiger partial charge in [-0.1, -0.05) is 97.1 Å². The lowest BCUT2D eigenvalue weighted by Gasteiger charge is -2.31. The van der Waals surface area contributed by atoms with Crippen LogP contribution in [-0.2, 0) is 0 Å². The van der Waals surface area contributed by atoms with Gasteiger partial charge in [0.15, 0.2) is 0 Å². The minimum absolute atomic E-state index is 0.794. The molecule has 0 aliphatic carbocycles. The number of methoxy groups -OCH3 is 2. The molecule has 0 saturated heterocycles. The molecule has 42 heavy (non-hydrogen) atoms. The Balaban J connectivity index is 1.71. The maximum absolute atomic E-state index is 5.70. The lowest BCUT2D eigenvalue weighted by atomic mass is 9.86. The van der Waals surface area contributed by atoms with Crippen molar-refractivity contribution in [1.29, 1.82) is 0 Å². The summed E-state index contributed by atoms with van der Waals surface area (Å²) >= 11 is 0. The Morgan fingerprint density at radius 2 is 1.00 bits per heavy atom. The van der Waals surface area contributed by atoms with Gasteiger partial charge in [0.2, 0.25) is 0 Å². The van der Waals surface area contributed by atoms with E-state index in [1.54, 1.807) is 14.2 Å². The number of hydrogen-bond donors (Lipinski definition) is 1. The number of hydrazine groups is 1. The molecule has 4 heteroatoms. The van der Waals surface area contributed by atoms with Crippen LogP contribution in [0.15, 0.2) is 152 Å². The van der Waals surface area contributed by atoms with Crippen molar-refractivity contribution in [3.8, 4) is 44.9 Å². The molecule has 0 radical (unpaired) electrons. The number of anilines is 3. The Hall–Kier alpha value is -5.48. The van der Waals surface area contributed by atoms with Gasteiger partial charge in [-0.15, -0.1) is 0 Å². The quantitative estimate of drug-likeness (QED) is 0.182. The van der Waals surface area contributed by atoms with Gasteiger partial charge in [-0.2, -0.15) is 0 Å². The Kier molecular flexibility index (Phi) is 7.87. The van der Waals surface area contributed by atoms with Gasteiger partial charge in [-0.25, -0.2) is 0 Å². The van der Waals surface area contributed by atoms with Gasteiger partial charge in [0.05, 0.1) is 31.3 Å². The molecule has 0 bridgehead atoms. The zero-order valence-corrected chi connectivity index (χ0v) is 23.7. The third kappa shape index (κ3) is 5.56. The lowest BCUT2D eigenvalue weighted by Crippen LogP contribution is -2.25. The highest BCUT2D eigenvalue weighted by atomic mass is 16.5. The summed E-state index contributed by atoms with van der Waals surface area (Å²) in [6, 6.07) is 52.1. The Morgan fingerprint density at radius 3 is 1.60 bits per heavy atom. The van der Waals surface area contributed by atoms with E-state index in [-0.39, 0.29) is 0 Å². The van der Waals surface area contributed by atoms with E-state index in [0.717, 1.165) is 61.9 Å². The number of nitrogens with zero attached hydrogens (tertiary/aromatic N) is 1. The van der Waals surface area contributed by atoms with Crippen LogP contribution in [0.3, 0.4) is 0 Å². The smallest absolute Gasteiger partial charge is 0.119 e. The molecule has 0 saturated carbocycles. The molecule has 6 rings (SSSR count). The van der Waals surface area contributed by atoms with Crippen molar-refractivity contribution in [3.05, 3.63) is 152 Å². The van der Waals surface area contributed by atoms with Gasteiger partial charge in [-0.3, -0.25) is 10.4 Å². The fourth-order valence-electron chi connectivity index (χ4n) is 5.27. The van der Waals surface area contributed by atoms with Gasteiger partial charge >= 0.3 is 0 Å². The van der Waals surface area contributed by atoms with Crippen LogP contribution in [-0.4, -0.2) is 14.2 Å². The fraction of sp³-hybridized carbons (Fsp3) is 0.0526. The summed E-state index contributed by atoms with van der Waals surface area (Å²) < 4.78 is 11.4. The minimum atomic E-state index is 0.794. The summed E-state index contributed by atoms with van der Waals surface area (Å²) in [6.07, 6.45) is 0. The third-order valence-corrected chi connectivity index (χ3v) is 7.25. The number of ether oxygens (including phenoxy) is 2. The molecular formula is C38H32N2O2. The number of para-hydroxylation sites is 2. The van der Waals surface area contributed by atoms with Crippen molar-refractivity contribution in [2.75, 3.05) is 24.7 Å². The second-order valence-corrected chi connectivity index (χ2v) is 9.86. The molecule has 0 unspecified atom stereocenters. The van der Waals surface area contributed by atoms with Crippen LogP contribution in [0.1, 0.15) is 0 Å². The van der Waals surface area contributed by atoms with E-state index in [0.29, 0.717) is 0 Å². The van der Waals surface area contributed by atoms with Crippen molar-refractivity contribution in [2.24, 2.45) is 0 Å². The number of nitrogens with one attached hydrogen (secondary N) is 1. The van der Waals surface area contributed by atoms with E-state index in [2.05, 4.69) is 107 Å². The molecule has 0 atom stereocenters. The minimum Gasteiger partial charge on any atom is -0.497 e. The first kappa shape index (κ1) is 26.7. The van der Waals surface area contributed by atoms with Crippen LogP contribution in [0.25, 0.3) is 33.4 Å². The van der Waals surface area contributed by atoms with E-state index >= 15 is 0 Å². The second kappa shape index (κ2) is 12.4. The van der Waals surface area contributed by atoms with Crippen LogP contribution in [0, 0.1) is 0 Å². The zero-order chi connectivity index (χ0) is 28.7. The first-order valence-electron chi connectivity index (χ1n) is 13.9.